The van der Waals surface area contributed by atoms with Crippen molar-refractivity contribution in [3.8, 4) is 11.8 Å². The Kier molecular flexibility index (Phi) is 6.51. The van der Waals surface area contributed by atoms with Gasteiger partial charge < -0.3 is 15.0 Å². The molecule has 0 radical (unpaired) electrons. The average Bonchev–Trinajstić information content (AvgIpc) is 2.83. The molecular weight excluding hydrogens is 414 g/mol. The fraction of sp³-hybridized carbons (Fsp3) is 0.148. The van der Waals surface area contributed by atoms with Gasteiger partial charge in [-0.3, -0.25) is 9.59 Å². The van der Waals surface area contributed by atoms with Gasteiger partial charge in [0.2, 0.25) is 11.8 Å². The van der Waals surface area contributed by atoms with Crippen molar-refractivity contribution in [3.05, 3.63) is 101 Å². The van der Waals surface area contributed by atoms with E-state index in [0.29, 0.717) is 23.6 Å². The third-order valence-electron chi connectivity index (χ3n) is 5.43. The van der Waals surface area contributed by atoms with E-state index in [1.807, 2.05) is 48.5 Å². The molecular formula is C27H23N3O3. The van der Waals surface area contributed by atoms with E-state index < -0.39 is 0 Å². The van der Waals surface area contributed by atoms with Gasteiger partial charge in [0, 0.05) is 24.9 Å². The molecule has 1 heterocycles. The first-order chi connectivity index (χ1) is 16.0. The maximum Gasteiger partial charge on any atom is 0.226 e. The summed E-state index contributed by atoms with van der Waals surface area (Å²) < 4.78 is 5.84. The Balaban J connectivity index is 1.43. The summed E-state index contributed by atoms with van der Waals surface area (Å²) in [6.45, 7) is 1.81. The van der Waals surface area contributed by atoms with Crippen molar-refractivity contribution in [2.75, 3.05) is 5.32 Å². The van der Waals surface area contributed by atoms with Crippen LogP contribution in [0, 0.1) is 11.3 Å². The molecule has 1 N–H and O–H groups in total. The van der Waals surface area contributed by atoms with Crippen LogP contribution in [0.5, 0.6) is 5.75 Å². The number of benzene rings is 3. The third kappa shape index (κ3) is 5.28. The normalized spacial score (nSPS) is 14.2. The lowest BCUT2D eigenvalue weighted by Crippen LogP contribution is -2.33. The molecule has 33 heavy (non-hydrogen) atoms. The van der Waals surface area contributed by atoms with Gasteiger partial charge in [0.1, 0.15) is 12.4 Å². The SMILES string of the molecule is CC(=O)N1C=Cc2ccccc2C1CC(=O)Nc1cccc(OCc2cccc(C#N)c2)c1. The second-order valence-corrected chi connectivity index (χ2v) is 7.77. The molecule has 0 saturated heterocycles. The van der Waals surface area contributed by atoms with E-state index in [4.69, 9.17) is 10.00 Å². The van der Waals surface area contributed by atoms with Crippen molar-refractivity contribution in [1.82, 2.24) is 4.90 Å². The predicted molar refractivity (Wildman–Crippen MR) is 126 cm³/mol. The summed E-state index contributed by atoms with van der Waals surface area (Å²) in [6.07, 6.45) is 3.75. The molecule has 1 atom stereocenters. The number of anilines is 1. The van der Waals surface area contributed by atoms with Crippen LogP contribution in [-0.2, 0) is 16.2 Å². The number of hydrogen-bond acceptors (Lipinski definition) is 4. The topological polar surface area (TPSA) is 82.4 Å². The number of amides is 2. The lowest BCUT2D eigenvalue weighted by atomic mass is 9.93. The summed E-state index contributed by atoms with van der Waals surface area (Å²) in [4.78, 5) is 26.6. The van der Waals surface area contributed by atoms with Crippen molar-refractivity contribution in [2.45, 2.75) is 26.0 Å². The lowest BCUT2D eigenvalue weighted by molar-refractivity contribution is -0.129. The average molecular weight is 437 g/mol. The van der Waals surface area contributed by atoms with Crippen LogP contribution in [0.2, 0.25) is 0 Å². The van der Waals surface area contributed by atoms with E-state index >= 15 is 0 Å². The zero-order valence-corrected chi connectivity index (χ0v) is 18.2. The Morgan fingerprint density at radius 3 is 2.70 bits per heavy atom. The third-order valence-corrected chi connectivity index (χ3v) is 5.43. The molecule has 0 fully saturated rings. The van der Waals surface area contributed by atoms with Crippen molar-refractivity contribution < 1.29 is 14.3 Å². The van der Waals surface area contributed by atoms with Gasteiger partial charge in [0.25, 0.3) is 0 Å². The number of nitrogens with one attached hydrogen (secondary N) is 1. The maximum atomic E-state index is 12.9. The van der Waals surface area contributed by atoms with Crippen LogP contribution in [0.15, 0.2) is 79.0 Å². The largest absolute Gasteiger partial charge is 0.489 e. The van der Waals surface area contributed by atoms with Gasteiger partial charge in [-0.15, -0.1) is 0 Å². The second kappa shape index (κ2) is 9.84. The first-order valence-electron chi connectivity index (χ1n) is 10.6. The Hall–Kier alpha value is -4.37. The maximum absolute atomic E-state index is 12.9. The van der Waals surface area contributed by atoms with E-state index in [0.717, 1.165) is 16.7 Å². The minimum absolute atomic E-state index is 0.116. The van der Waals surface area contributed by atoms with Crippen LogP contribution < -0.4 is 10.1 Å². The van der Waals surface area contributed by atoms with Crippen LogP contribution in [-0.4, -0.2) is 16.7 Å². The number of nitriles is 1. The van der Waals surface area contributed by atoms with Crippen LogP contribution in [0.25, 0.3) is 6.08 Å². The van der Waals surface area contributed by atoms with Gasteiger partial charge in [-0.1, -0.05) is 42.5 Å². The highest BCUT2D eigenvalue weighted by molar-refractivity contribution is 5.92. The second-order valence-electron chi connectivity index (χ2n) is 7.77. The molecule has 6 heteroatoms. The standard InChI is InChI=1S/C27H23N3O3/c1-19(31)30-13-12-22-8-2-3-11-25(22)26(30)16-27(32)29-23-9-5-10-24(15-23)33-18-21-7-4-6-20(14-21)17-28/h2-15,26H,16,18H2,1H3,(H,29,32). The van der Waals surface area contributed by atoms with E-state index in [9.17, 15) is 9.59 Å². The quantitative estimate of drug-likeness (QED) is 0.586. The summed E-state index contributed by atoms with van der Waals surface area (Å²) in [5.74, 6) is 0.288. The molecule has 0 aromatic heterocycles. The summed E-state index contributed by atoms with van der Waals surface area (Å²) >= 11 is 0. The van der Waals surface area contributed by atoms with Gasteiger partial charge in [-0.05, 0) is 47.0 Å². The van der Waals surface area contributed by atoms with Gasteiger partial charge in [-0.2, -0.15) is 5.26 Å². The van der Waals surface area contributed by atoms with Crippen molar-refractivity contribution in [2.24, 2.45) is 0 Å². The molecule has 3 aromatic rings. The molecule has 1 aliphatic heterocycles. The summed E-state index contributed by atoms with van der Waals surface area (Å²) in [5.41, 5.74) is 4.02. The highest BCUT2D eigenvalue weighted by Gasteiger charge is 2.28. The number of fused-ring (bicyclic) bond motifs is 1. The molecule has 0 aliphatic carbocycles. The first-order valence-corrected chi connectivity index (χ1v) is 10.6. The van der Waals surface area contributed by atoms with E-state index in [-0.39, 0.29) is 24.3 Å². The summed E-state index contributed by atoms with van der Waals surface area (Å²) in [5, 5.41) is 11.9. The smallest absolute Gasteiger partial charge is 0.226 e. The minimum atomic E-state index is -0.365. The monoisotopic (exact) mass is 437 g/mol. The molecule has 3 aromatic carbocycles. The molecule has 4 rings (SSSR count). The molecule has 164 valence electrons. The molecule has 1 unspecified atom stereocenters. The van der Waals surface area contributed by atoms with Gasteiger partial charge >= 0.3 is 0 Å². The fourth-order valence-corrected chi connectivity index (χ4v) is 3.86. The number of carbonyl (C=O) groups excluding carboxylic acids is 2. The molecule has 0 spiro atoms. The molecule has 1 aliphatic rings. The Morgan fingerprint density at radius 1 is 1.06 bits per heavy atom. The minimum Gasteiger partial charge on any atom is -0.489 e. The molecule has 0 saturated carbocycles. The summed E-state index contributed by atoms with van der Waals surface area (Å²) in [6, 6.07) is 23.9. The first kappa shape index (κ1) is 21.8. The number of ether oxygens (including phenoxy) is 1. The highest BCUT2D eigenvalue weighted by Crippen LogP contribution is 2.33. The van der Waals surface area contributed by atoms with Crippen molar-refractivity contribution in [1.29, 1.82) is 5.26 Å². The highest BCUT2D eigenvalue weighted by atomic mass is 16.5. The van der Waals surface area contributed by atoms with Gasteiger partial charge in [-0.25, -0.2) is 0 Å². The van der Waals surface area contributed by atoms with Crippen molar-refractivity contribution >= 4 is 23.6 Å². The zero-order chi connectivity index (χ0) is 23.2. The molecule has 0 bridgehead atoms. The summed E-state index contributed by atoms with van der Waals surface area (Å²) in [7, 11) is 0. The van der Waals surface area contributed by atoms with Crippen LogP contribution >= 0.6 is 0 Å². The predicted octanol–water partition coefficient (Wildman–Crippen LogP) is 5.04. The van der Waals surface area contributed by atoms with E-state index in [1.54, 1.807) is 41.4 Å². The van der Waals surface area contributed by atoms with Crippen LogP contribution in [0.3, 0.4) is 0 Å². The number of nitrogens with zero attached hydrogens (tertiary/aromatic N) is 2. The Morgan fingerprint density at radius 2 is 1.88 bits per heavy atom. The van der Waals surface area contributed by atoms with E-state index in [1.165, 1.54) is 6.92 Å². The van der Waals surface area contributed by atoms with E-state index in [2.05, 4.69) is 11.4 Å². The fourth-order valence-electron chi connectivity index (χ4n) is 3.86. The van der Waals surface area contributed by atoms with Crippen LogP contribution in [0.1, 0.15) is 41.6 Å². The number of hydrogen-bond donors (Lipinski definition) is 1. The Bertz CT molecular complexity index is 1260. The number of rotatable bonds is 6. The van der Waals surface area contributed by atoms with Crippen molar-refractivity contribution in [3.63, 3.8) is 0 Å². The molecule has 6 nitrogen and oxygen atoms in total. The number of carbonyl (C=O) groups is 2. The Labute approximate surface area is 192 Å². The zero-order valence-electron chi connectivity index (χ0n) is 18.2. The lowest BCUT2D eigenvalue weighted by Gasteiger charge is -2.32. The van der Waals surface area contributed by atoms with Gasteiger partial charge in [0.15, 0.2) is 0 Å². The molecule has 2 amide bonds. The van der Waals surface area contributed by atoms with Gasteiger partial charge in [0.05, 0.1) is 24.1 Å². The van der Waals surface area contributed by atoms with Crippen LogP contribution in [0.4, 0.5) is 5.69 Å².